The lowest BCUT2D eigenvalue weighted by Gasteiger charge is -2.38. The van der Waals surface area contributed by atoms with Gasteiger partial charge in [-0.05, 0) is 30.9 Å². The van der Waals surface area contributed by atoms with Crippen LogP contribution in [0.15, 0.2) is 30.3 Å². The predicted molar refractivity (Wildman–Crippen MR) is 77.6 cm³/mol. The van der Waals surface area contributed by atoms with Crippen molar-refractivity contribution in [3.8, 4) is 0 Å². The van der Waals surface area contributed by atoms with Crippen LogP contribution in [0, 0.1) is 5.92 Å². The molecular weight excluding hydrogens is 254 g/mol. The van der Waals surface area contributed by atoms with E-state index in [0.29, 0.717) is 6.61 Å². The zero-order valence-electron chi connectivity index (χ0n) is 12.0. The second-order valence-electron chi connectivity index (χ2n) is 5.48. The van der Waals surface area contributed by atoms with Gasteiger partial charge in [-0.2, -0.15) is 0 Å². The Morgan fingerprint density at radius 2 is 2.20 bits per heavy atom. The number of methoxy groups -OCH3 is 1. The van der Waals surface area contributed by atoms with Crippen LogP contribution in [0.4, 0.5) is 0 Å². The molecule has 1 aromatic carbocycles. The van der Waals surface area contributed by atoms with Crippen molar-refractivity contribution >= 4 is 5.97 Å². The lowest BCUT2D eigenvalue weighted by molar-refractivity contribution is -0.138. The molecule has 2 unspecified atom stereocenters. The molecule has 0 aromatic heterocycles. The number of hydrogen-bond acceptors (Lipinski definition) is 3. The molecule has 1 fully saturated rings. The molecule has 0 radical (unpaired) electrons. The highest BCUT2D eigenvalue weighted by molar-refractivity contribution is 5.67. The summed E-state index contributed by atoms with van der Waals surface area (Å²) in [6.07, 6.45) is 2.34. The number of aliphatic carboxylic acids is 1. The number of carboxylic acid groups (broad SMARTS) is 1. The van der Waals surface area contributed by atoms with E-state index in [-0.39, 0.29) is 18.4 Å². The zero-order valence-corrected chi connectivity index (χ0v) is 12.0. The van der Waals surface area contributed by atoms with E-state index >= 15 is 0 Å². The number of carbonyl (C=O) groups is 1. The van der Waals surface area contributed by atoms with Crippen LogP contribution in [-0.4, -0.2) is 42.8 Å². The highest BCUT2D eigenvalue weighted by Crippen LogP contribution is 2.28. The Hall–Kier alpha value is -1.39. The van der Waals surface area contributed by atoms with Crippen LogP contribution < -0.4 is 0 Å². The first-order valence-electron chi connectivity index (χ1n) is 7.20. The maximum absolute atomic E-state index is 10.9. The molecule has 2 rings (SSSR count). The van der Waals surface area contributed by atoms with E-state index in [1.54, 1.807) is 7.11 Å². The van der Waals surface area contributed by atoms with Gasteiger partial charge in [0.1, 0.15) is 0 Å². The van der Waals surface area contributed by atoms with Crippen molar-refractivity contribution in [2.45, 2.75) is 25.3 Å². The van der Waals surface area contributed by atoms with Crippen molar-refractivity contribution in [2.24, 2.45) is 5.92 Å². The number of hydrogen-bond donors (Lipinski definition) is 1. The summed E-state index contributed by atoms with van der Waals surface area (Å²) in [4.78, 5) is 13.3. The molecule has 1 saturated heterocycles. The average molecular weight is 277 g/mol. The Kier molecular flexibility index (Phi) is 5.56. The van der Waals surface area contributed by atoms with E-state index in [1.807, 2.05) is 18.2 Å². The van der Waals surface area contributed by atoms with Gasteiger partial charge in [-0.25, -0.2) is 0 Å². The maximum atomic E-state index is 10.9. The topological polar surface area (TPSA) is 49.8 Å². The highest BCUT2D eigenvalue weighted by atomic mass is 16.5. The second-order valence-corrected chi connectivity index (χ2v) is 5.48. The molecule has 1 aliphatic heterocycles. The predicted octanol–water partition coefficient (Wildman–Crippen LogP) is 2.56. The van der Waals surface area contributed by atoms with Crippen molar-refractivity contribution in [2.75, 3.05) is 26.8 Å². The molecule has 1 aliphatic rings. The number of nitrogens with zero attached hydrogens (tertiary/aromatic N) is 1. The second kappa shape index (κ2) is 7.41. The third-order valence-corrected chi connectivity index (χ3v) is 3.96. The fourth-order valence-electron chi connectivity index (χ4n) is 3.04. The Balaban J connectivity index is 2.07. The molecule has 1 N–H and O–H groups in total. The minimum absolute atomic E-state index is 0.220. The largest absolute Gasteiger partial charge is 0.481 e. The number of carboxylic acids is 1. The van der Waals surface area contributed by atoms with Crippen LogP contribution in [0.2, 0.25) is 0 Å². The van der Waals surface area contributed by atoms with Crippen LogP contribution in [0.5, 0.6) is 0 Å². The molecule has 0 saturated carbocycles. The van der Waals surface area contributed by atoms with Crippen molar-refractivity contribution in [1.82, 2.24) is 4.90 Å². The summed E-state index contributed by atoms with van der Waals surface area (Å²) >= 11 is 0. The summed E-state index contributed by atoms with van der Waals surface area (Å²) in [6, 6.07) is 10.5. The lowest BCUT2D eigenvalue weighted by Crippen LogP contribution is -2.40. The first kappa shape index (κ1) is 15.0. The smallest absolute Gasteiger partial charge is 0.303 e. The van der Waals surface area contributed by atoms with Gasteiger partial charge < -0.3 is 9.84 Å². The Morgan fingerprint density at radius 1 is 1.45 bits per heavy atom. The Bertz CT molecular complexity index is 421. The minimum atomic E-state index is -0.695. The van der Waals surface area contributed by atoms with Gasteiger partial charge >= 0.3 is 5.97 Å². The molecule has 0 aliphatic carbocycles. The number of benzene rings is 1. The molecule has 0 amide bonds. The van der Waals surface area contributed by atoms with Gasteiger partial charge in [-0.1, -0.05) is 30.3 Å². The standard InChI is InChI=1S/C16H23NO3/c1-20-12-15(14-7-3-2-4-8-14)17-9-5-6-13(11-17)10-16(18)19/h2-4,7-8,13,15H,5-6,9-12H2,1H3,(H,18,19). The van der Waals surface area contributed by atoms with Crippen molar-refractivity contribution in [3.63, 3.8) is 0 Å². The van der Waals surface area contributed by atoms with E-state index in [9.17, 15) is 4.79 Å². The van der Waals surface area contributed by atoms with Crippen LogP contribution in [0.3, 0.4) is 0 Å². The van der Waals surface area contributed by atoms with Gasteiger partial charge in [-0.3, -0.25) is 9.69 Å². The SMILES string of the molecule is COCC(c1ccccc1)N1CCCC(CC(=O)O)C1. The first-order valence-corrected chi connectivity index (χ1v) is 7.20. The molecular formula is C16H23NO3. The van der Waals surface area contributed by atoms with Crippen molar-refractivity contribution in [3.05, 3.63) is 35.9 Å². The van der Waals surface area contributed by atoms with E-state index in [0.717, 1.165) is 25.9 Å². The zero-order chi connectivity index (χ0) is 14.4. The number of rotatable bonds is 6. The van der Waals surface area contributed by atoms with Crippen LogP contribution >= 0.6 is 0 Å². The van der Waals surface area contributed by atoms with Gasteiger partial charge in [0.2, 0.25) is 0 Å². The molecule has 20 heavy (non-hydrogen) atoms. The number of likely N-dealkylation sites (tertiary alicyclic amines) is 1. The van der Waals surface area contributed by atoms with Gasteiger partial charge in [0, 0.05) is 20.1 Å². The monoisotopic (exact) mass is 277 g/mol. The Morgan fingerprint density at radius 3 is 2.85 bits per heavy atom. The summed E-state index contributed by atoms with van der Waals surface area (Å²) < 4.78 is 5.37. The normalized spacial score (nSPS) is 21.6. The summed E-state index contributed by atoms with van der Waals surface area (Å²) in [5, 5.41) is 8.97. The van der Waals surface area contributed by atoms with Crippen LogP contribution in [0.1, 0.15) is 30.9 Å². The highest BCUT2D eigenvalue weighted by Gasteiger charge is 2.27. The van der Waals surface area contributed by atoms with Crippen molar-refractivity contribution < 1.29 is 14.6 Å². The van der Waals surface area contributed by atoms with E-state index in [4.69, 9.17) is 9.84 Å². The molecule has 4 heteroatoms. The van der Waals surface area contributed by atoms with Gasteiger partial charge in [0.05, 0.1) is 12.6 Å². The van der Waals surface area contributed by atoms with Gasteiger partial charge in [0.25, 0.3) is 0 Å². The van der Waals surface area contributed by atoms with Gasteiger partial charge in [-0.15, -0.1) is 0 Å². The first-order chi connectivity index (χ1) is 9.70. The molecule has 1 heterocycles. The van der Waals surface area contributed by atoms with E-state index in [1.165, 1.54) is 5.56 Å². The average Bonchev–Trinajstić information content (AvgIpc) is 2.45. The fraction of sp³-hybridized carbons (Fsp3) is 0.562. The Labute approximate surface area is 120 Å². The molecule has 0 spiro atoms. The summed E-state index contributed by atoms with van der Waals surface area (Å²) in [5.74, 6) is -0.441. The molecule has 0 bridgehead atoms. The number of ether oxygens (including phenoxy) is 1. The third-order valence-electron chi connectivity index (χ3n) is 3.96. The summed E-state index contributed by atoms with van der Waals surface area (Å²) in [7, 11) is 1.72. The minimum Gasteiger partial charge on any atom is -0.481 e. The van der Waals surface area contributed by atoms with E-state index in [2.05, 4.69) is 17.0 Å². The van der Waals surface area contributed by atoms with Gasteiger partial charge in [0.15, 0.2) is 0 Å². The van der Waals surface area contributed by atoms with E-state index < -0.39 is 5.97 Å². The summed E-state index contributed by atoms with van der Waals surface area (Å²) in [6.45, 7) is 2.50. The summed E-state index contributed by atoms with van der Waals surface area (Å²) in [5.41, 5.74) is 1.24. The molecule has 1 aromatic rings. The molecule has 4 nitrogen and oxygen atoms in total. The quantitative estimate of drug-likeness (QED) is 0.868. The third kappa shape index (κ3) is 4.05. The maximum Gasteiger partial charge on any atom is 0.303 e. The van der Waals surface area contributed by atoms with Crippen LogP contribution in [-0.2, 0) is 9.53 Å². The molecule has 110 valence electrons. The number of piperidine rings is 1. The van der Waals surface area contributed by atoms with Crippen molar-refractivity contribution in [1.29, 1.82) is 0 Å². The lowest BCUT2D eigenvalue weighted by atomic mass is 9.92. The van der Waals surface area contributed by atoms with Crippen LogP contribution in [0.25, 0.3) is 0 Å². The molecule has 2 atom stereocenters. The fourth-order valence-corrected chi connectivity index (χ4v) is 3.04.